The summed E-state index contributed by atoms with van der Waals surface area (Å²) in [7, 11) is 0. The van der Waals surface area contributed by atoms with Gasteiger partial charge in [-0.3, -0.25) is 25.8 Å². The highest BCUT2D eigenvalue weighted by atomic mass is 35.5. The molecule has 0 aliphatic carbocycles. The Labute approximate surface area is 178 Å². The van der Waals surface area contributed by atoms with Gasteiger partial charge < -0.3 is 4.74 Å². The number of hydrogen-bond acceptors (Lipinski definition) is 4. The summed E-state index contributed by atoms with van der Waals surface area (Å²) < 4.78 is 18.2. The third kappa shape index (κ3) is 7.52. The van der Waals surface area contributed by atoms with Crippen molar-refractivity contribution in [3.8, 4) is 5.75 Å². The zero-order valence-corrected chi connectivity index (χ0v) is 17.3. The molecule has 0 saturated heterocycles. The first-order valence-electron chi connectivity index (χ1n) is 8.47. The number of halogens is 2. The van der Waals surface area contributed by atoms with Crippen molar-refractivity contribution in [2.45, 2.75) is 13.8 Å². The van der Waals surface area contributed by atoms with Crippen molar-refractivity contribution in [3.63, 3.8) is 0 Å². The van der Waals surface area contributed by atoms with E-state index < -0.39 is 11.8 Å². The van der Waals surface area contributed by atoms with Crippen LogP contribution in [0, 0.1) is 19.7 Å². The van der Waals surface area contributed by atoms with Crippen LogP contribution in [0.4, 0.5) is 4.39 Å². The fourth-order valence-electron chi connectivity index (χ4n) is 2.23. The first kappa shape index (κ1) is 22.3. The summed E-state index contributed by atoms with van der Waals surface area (Å²) in [5.74, 6) is -0.850. The molecule has 0 aromatic heterocycles. The van der Waals surface area contributed by atoms with Gasteiger partial charge in [-0.05, 0) is 73.1 Å². The Bertz CT molecular complexity index is 925. The summed E-state index contributed by atoms with van der Waals surface area (Å²) in [5.41, 5.74) is 7.06. The Morgan fingerprint density at radius 2 is 1.76 bits per heavy atom. The summed E-state index contributed by atoms with van der Waals surface area (Å²) in [5, 5.41) is 2.92. The van der Waals surface area contributed by atoms with Crippen molar-refractivity contribution < 1.29 is 18.7 Å². The molecule has 0 aliphatic rings. The van der Waals surface area contributed by atoms with Crippen LogP contribution in [0.3, 0.4) is 0 Å². The highest BCUT2D eigenvalue weighted by Gasteiger charge is 2.07. The fourth-order valence-corrected chi connectivity index (χ4v) is 2.49. The largest absolute Gasteiger partial charge is 0.484 e. The summed E-state index contributed by atoms with van der Waals surface area (Å²) in [6, 6.07) is 9.09. The normalized spacial score (nSPS) is 10.5. The van der Waals surface area contributed by atoms with Crippen LogP contribution in [0.2, 0.25) is 5.02 Å². The van der Waals surface area contributed by atoms with Crippen LogP contribution in [-0.4, -0.2) is 23.5 Å². The number of thiocarbonyl (C=S) groups is 1. The lowest BCUT2D eigenvalue weighted by Crippen LogP contribution is -2.49. The molecule has 0 bridgehead atoms. The van der Waals surface area contributed by atoms with E-state index in [4.69, 9.17) is 28.6 Å². The second-order valence-electron chi connectivity index (χ2n) is 6.04. The first-order valence-corrected chi connectivity index (χ1v) is 9.26. The summed E-state index contributed by atoms with van der Waals surface area (Å²) in [6.07, 6.45) is 2.73. The van der Waals surface area contributed by atoms with Crippen LogP contribution < -0.4 is 20.9 Å². The number of hydrazine groups is 1. The molecule has 152 valence electrons. The highest BCUT2D eigenvalue weighted by molar-refractivity contribution is 7.80. The van der Waals surface area contributed by atoms with Crippen molar-refractivity contribution in [2.24, 2.45) is 0 Å². The van der Waals surface area contributed by atoms with E-state index in [0.717, 1.165) is 11.1 Å². The standard InChI is InChI=1S/C20H19ClFN3O3S/c1-12-9-16(10-13(2)19(12)21)28-11-18(27)24-25-20(29)23-17(26)8-5-14-3-6-15(22)7-4-14/h3-10H,11H2,1-2H3,(H,24,27)(H2,23,25,26,29)/b8-5+. The molecule has 0 fully saturated rings. The van der Waals surface area contributed by atoms with Gasteiger partial charge in [0.1, 0.15) is 11.6 Å². The molecule has 9 heteroatoms. The number of nitrogens with one attached hydrogen (secondary N) is 3. The maximum atomic E-state index is 12.8. The topological polar surface area (TPSA) is 79.5 Å². The van der Waals surface area contributed by atoms with Crippen LogP contribution >= 0.6 is 23.8 Å². The summed E-state index contributed by atoms with van der Waals surface area (Å²) in [4.78, 5) is 23.6. The predicted octanol–water partition coefficient (Wildman–Crippen LogP) is 3.21. The number of hydrogen-bond donors (Lipinski definition) is 3. The molecule has 2 aromatic carbocycles. The van der Waals surface area contributed by atoms with Crippen molar-refractivity contribution >= 4 is 46.8 Å². The molecule has 0 atom stereocenters. The van der Waals surface area contributed by atoms with E-state index in [-0.39, 0.29) is 17.5 Å². The van der Waals surface area contributed by atoms with Gasteiger partial charge in [-0.25, -0.2) is 4.39 Å². The molecule has 6 nitrogen and oxygen atoms in total. The monoisotopic (exact) mass is 435 g/mol. The quantitative estimate of drug-likeness (QED) is 0.382. The predicted molar refractivity (Wildman–Crippen MR) is 114 cm³/mol. The highest BCUT2D eigenvalue weighted by Crippen LogP contribution is 2.25. The van der Waals surface area contributed by atoms with Gasteiger partial charge in [0.2, 0.25) is 5.91 Å². The molecule has 2 aromatic rings. The molecule has 0 heterocycles. The number of benzene rings is 2. The Kier molecular flexibility index (Phi) is 8.11. The number of carbonyl (C=O) groups excluding carboxylic acids is 2. The molecule has 3 N–H and O–H groups in total. The lowest BCUT2D eigenvalue weighted by Gasteiger charge is -2.12. The van der Waals surface area contributed by atoms with E-state index in [1.165, 1.54) is 36.4 Å². The van der Waals surface area contributed by atoms with Crippen molar-refractivity contribution in [1.29, 1.82) is 0 Å². The minimum Gasteiger partial charge on any atom is -0.484 e. The summed E-state index contributed by atoms with van der Waals surface area (Å²) in [6.45, 7) is 3.43. The molecule has 2 amide bonds. The van der Waals surface area contributed by atoms with Crippen LogP contribution in [0.25, 0.3) is 6.08 Å². The van der Waals surface area contributed by atoms with Gasteiger partial charge in [0, 0.05) is 11.1 Å². The number of carbonyl (C=O) groups is 2. The average molecular weight is 436 g/mol. The Hall–Kier alpha value is -2.97. The second kappa shape index (κ2) is 10.5. The smallest absolute Gasteiger partial charge is 0.276 e. The number of ether oxygens (including phenoxy) is 1. The van der Waals surface area contributed by atoms with Gasteiger partial charge in [-0.2, -0.15) is 0 Å². The third-order valence-corrected chi connectivity index (χ3v) is 4.43. The van der Waals surface area contributed by atoms with Crippen LogP contribution in [-0.2, 0) is 9.59 Å². The minimum absolute atomic E-state index is 0.0923. The van der Waals surface area contributed by atoms with E-state index >= 15 is 0 Å². The van der Waals surface area contributed by atoms with Crippen molar-refractivity contribution in [3.05, 3.63) is 70.0 Å². The molecular formula is C20H19ClFN3O3S. The maximum absolute atomic E-state index is 12.8. The molecule has 2 rings (SSSR count). The molecular weight excluding hydrogens is 417 g/mol. The first-order chi connectivity index (χ1) is 13.7. The van der Waals surface area contributed by atoms with E-state index in [1.807, 2.05) is 13.8 Å². The Morgan fingerprint density at radius 1 is 1.14 bits per heavy atom. The van der Waals surface area contributed by atoms with Crippen LogP contribution in [0.15, 0.2) is 42.5 Å². The molecule has 29 heavy (non-hydrogen) atoms. The lowest BCUT2D eigenvalue weighted by molar-refractivity contribution is -0.123. The van der Waals surface area contributed by atoms with E-state index in [1.54, 1.807) is 12.1 Å². The van der Waals surface area contributed by atoms with Gasteiger partial charge in [-0.1, -0.05) is 23.7 Å². The van der Waals surface area contributed by atoms with Gasteiger partial charge in [-0.15, -0.1) is 0 Å². The summed E-state index contributed by atoms with van der Waals surface area (Å²) >= 11 is 11.0. The molecule has 0 spiro atoms. The Morgan fingerprint density at radius 3 is 2.38 bits per heavy atom. The van der Waals surface area contributed by atoms with E-state index in [9.17, 15) is 14.0 Å². The van der Waals surface area contributed by atoms with Crippen LogP contribution in [0.1, 0.15) is 16.7 Å². The maximum Gasteiger partial charge on any atom is 0.276 e. The SMILES string of the molecule is Cc1cc(OCC(=O)NNC(=S)NC(=O)/C=C/c2ccc(F)cc2)cc(C)c1Cl. The molecule has 0 radical (unpaired) electrons. The number of aryl methyl sites for hydroxylation is 2. The molecule has 0 unspecified atom stereocenters. The molecule has 0 saturated carbocycles. The van der Waals surface area contributed by atoms with E-state index in [0.29, 0.717) is 16.3 Å². The van der Waals surface area contributed by atoms with E-state index in [2.05, 4.69) is 16.2 Å². The van der Waals surface area contributed by atoms with Gasteiger partial charge >= 0.3 is 0 Å². The van der Waals surface area contributed by atoms with Gasteiger partial charge in [0.15, 0.2) is 11.7 Å². The number of amides is 2. The minimum atomic E-state index is -0.510. The molecule has 0 aliphatic heterocycles. The number of rotatable bonds is 5. The van der Waals surface area contributed by atoms with Crippen molar-refractivity contribution in [1.82, 2.24) is 16.2 Å². The zero-order valence-electron chi connectivity index (χ0n) is 15.7. The average Bonchev–Trinajstić information content (AvgIpc) is 2.68. The van der Waals surface area contributed by atoms with Crippen molar-refractivity contribution in [2.75, 3.05) is 6.61 Å². The zero-order chi connectivity index (χ0) is 21.4. The fraction of sp³-hybridized carbons (Fsp3) is 0.150. The third-order valence-electron chi connectivity index (χ3n) is 3.63. The lowest BCUT2D eigenvalue weighted by atomic mass is 10.1. The van der Waals surface area contributed by atoms with Gasteiger partial charge in [0.25, 0.3) is 5.91 Å². The van der Waals surface area contributed by atoms with Crippen LogP contribution in [0.5, 0.6) is 5.75 Å². The second-order valence-corrected chi connectivity index (χ2v) is 6.82. The van der Waals surface area contributed by atoms with Gasteiger partial charge in [0.05, 0.1) is 0 Å². The Balaban J connectivity index is 1.73.